The number of nitrogens with zero attached hydrogens (tertiary/aromatic N) is 4. The molecule has 0 unspecified atom stereocenters. The fraction of sp³-hybridized carbons (Fsp3) is 0.300. The quantitative estimate of drug-likeness (QED) is 0.529. The minimum absolute atomic E-state index is 0.0460. The van der Waals surface area contributed by atoms with Gasteiger partial charge in [-0.2, -0.15) is 10.2 Å². The first-order valence-electron chi connectivity index (χ1n) is 9.47. The highest BCUT2D eigenvalue weighted by Gasteiger charge is 2.20. The molecule has 0 saturated heterocycles. The molecule has 0 atom stereocenters. The molecule has 0 saturated carbocycles. The van der Waals surface area contributed by atoms with Gasteiger partial charge in [-0.1, -0.05) is 37.0 Å². The molecule has 3 rings (SSSR count). The molecule has 164 valence electrons. The third-order valence-electron chi connectivity index (χ3n) is 4.19. The number of carbonyl (C=O) groups excluding carboxylic acids is 2. The number of benzene rings is 1. The molecule has 2 heterocycles. The van der Waals surface area contributed by atoms with Gasteiger partial charge in [0.25, 0.3) is 11.8 Å². The number of nitrogens with one attached hydrogen (secondary N) is 2. The molecule has 11 heteroatoms. The second-order valence-corrected chi connectivity index (χ2v) is 8.02. The van der Waals surface area contributed by atoms with Gasteiger partial charge in [0, 0.05) is 24.8 Å². The highest BCUT2D eigenvalue weighted by Crippen LogP contribution is 2.27. The molecular weight excluding hydrogens is 443 g/mol. The molecule has 2 amide bonds. The molecule has 0 bridgehead atoms. The first-order valence-corrected chi connectivity index (χ1v) is 10.2. The fourth-order valence-electron chi connectivity index (χ4n) is 2.65. The van der Waals surface area contributed by atoms with Crippen LogP contribution in [-0.2, 0) is 13.8 Å². The van der Waals surface area contributed by atoms with E-state index >= 15 is 0 Å². The van der Waals surface area contributed by atoms with Gasteiger partial charge in [-0.15, -0.1) is 0 Å². The van der Waals surface area contributed by atoms with Crippen LogP contribution in [0.25, 0.3) is 0 Å². The van der Waals surface area contributed by atoms with Gasteiger partial charge in [0.15, 0.2) is 12.4 Å². The number of anilines is 1. The summed E-state index contributed by atoms with van der Waals surface area (Å²) >= 11 is 11.9. The Morgan fingerprint density at radius 3 is 2.68 bits per heavy atom. The Labute approximate surface area is 189 Å². The van der Waals surface area contributed by atoms with Crippen LogP contribution in [0.3, 0.4) is 0 Å². The van der Waals surface area contributed by atoms with E-state index in [0.29, 0.717) is 33.9 Å². The lowest BCUT2D eigenvalue weighted by molar-refractivity contribution is 0.0940. The van der Waals surface area contributed by atoms with Crippen LogP contribution in [0.2, 0.25) is 10.0 Å². The van der Waals surface area contributed by atoms with E-state index in [1.54, 1.807) is 31.4 Å². The molecule has 3 aromatic rings. The first kappa shape index (κ1) is 22.6. The van der Waals surface area contributed by atoms with Crippen molar-refractivity contribution >= 4 is 40.7 Å². The van der Waals surface area contributed by atoms with E-state index < -0.39 is 5.91 Å². The summed E-state index contributed by atoms with van der Waals surface area (Å²) < 4.78 is 8.46. The Hall–Kier alpha value is -3.04. The summed E-state index contributed by atoms with van der Waals surface area (Å²) in [5.74, 6) is -0.0545. The van der Waals surface area contributed by atoms with Crippen molar-refractivity contribution in [2.24, 2.45) is 13.0 Å². The SMILES string of the molecule is CC(C)CNC(=O)c1c(NC(=O)c2ccn(COc3ccc(Cl)cc3Cl)n2)cnn1C. The minimum Gasteiger partial charge on any atom is -0.470 e. The average molecular weight is 465 g/mol. The summed E-state index contributed by atoms with van der Waals surface area (Å²) in [6.45, 7) is 4.55. The summed E-state index contributed by atoms with van der Waals surface area (Å²) in [4.78, 5) is 25.1. The molecule has 0 spiro atoms. The largest absolute Gasteiger partial charge is 0.470 e. The number of ether oxygens (including phenoxy) is 1. The van der Waals surface area contributed by atoms with E-state index in [0.717, 1.165) is 0 Å². The summed E-state index contributed by atoms with van der Waals surface area (Å²) in [7, 11) is 1.63. The van der Waals surface area contributed by atoms with E-state index in [4.69, 9.17) is 27.9 Å². The molecule has 0 aliphatic rings. The van der Waals surface area contributed by atoms with Crippen LogP contribution in [0.15, 0.2) is 36.7 Å². The summed E-state index contributed by atoms with van der Waals surface area (Å²) in [6, 6.07) is 6.42. The monoisotopic (exact) mass is 464 g/mol. The van der Waals surface area contributed by atoms with Gasteiger partial charge in [-0.05, 0) is 30.2 Å². The molecule has 2 N–H and O–H groups in total. The topological polar surface area (TPSA) is 103 Å². The maximum atomic E-state index is 12.6. The van der Waals surface area contributed by atoms with Crippen LogP contribution >= 0.6 is 23.2 Å². The lowest BCUT2D eigenvalue weighted by atomic mass is 10.2. The van der Waals surface area contributed by atoms with E-state index in [2.05, 4.69) is 20.8 Å². The molecule has 2 aromatic heterocycles. The molecule has 31 heavy (non-hydrogen) atoms. The lowest BCUT2D eigenvalue weighted by Gasteiger charge is -2.10. The zero-order valence-electron chi connectivity index (χ0n) is 17.2. The molecule has 0 radical (unpaired) electrons. The molecule has 9 nitrogen and oxygen atoms in total. The lowest BCUT2D eigenvalue weighted by Crippen LogP contribution is -2.30. The van der Waals surface area contributed by atoms with Crippen LogP contribution in [0.5, 0.6) is 5.75 Å². The predicted octanol–water partition coefficient (Wildman–Crippen LogP) is 3.60. The first-order chi connectivity index (χ1) is 14.7. The second kappa shape index (κ2) is 9.84. The number of hydrogen-bond acceptors (Lipinski definition) is 5. The van der Waals surface area contributed by atoms with Crippen molar-refractivity contribution in [1.82, 2.24) is 24.9 Å². The third-order valence-corrected chi connectivity index (χ3v) is 4.72. The number of carbonyl (C=O) groups is 2. The molecule has 0 aliphatic carbocycles. The fourth-order valence-corrected chi connectivity index (χ4v) is 3.11. The van der Waals surface area contributed by atoms with Gasteiger partial charge < -0.3 is 15.4 Å². The van der Waals surface area contributed by atoms with Gasteiger partial charge in [-0.25, -0.2) is 4.68 Å². The van der Waals surface area contributed by atoms with Crippen LogP contribution in [0.1, 0.15) is 34.8 Å². The van der Waals surface area contributed by atoms with Gasteiger partial charge in [0.1, 0.15) is 11.4 Å². The molecule has 1 aromatic carbocycles. The van der Waals surface area contributed by atoms with Crippen LogP contribution < -0.4 is 15.4 Å². The second-order valence-electron chi connectivity index (χ2n) is 7.18. The molecule has 0 aliphatic heterocycles. The standard InChI is InChI=1S/C20H22Cl2N6O3/c1-12(2)9-23-20(30)18-16(10-24-27(18)3)25-19(29)15-6-7-28(26-15)11-31-17-5-4-13(21)8-14(17)22/h4-8,10,12H,9,11H2,1-3H3,(H,23,30)(H,25,29). The van der Waals surface area contributed by atoms with Crippen molar-refractivity contribution in [3.63, 3.8) is 0 Å². The normalized spacial score (nSPS) is 10.9. The number of aryl methyl sites for hydroxylation is 1. The van der Waals surface area contributed by atoms with Crippen LogP contribution in [0, 0.1) is 5.92 Å². The Morgan fingerprint density at radius 2 is 1.97 bits per heavy atom. The van der Waals surface area contributed by atoms with Gasteiger partial charge >= 0.3 is 0 Å². The highest BCUT2D eigenvalue weighted by molar-refractivity contribution is 6.35. The Morgan fingerprint density at radius 1 is 1.19 bits per heavy atom. The van der Waals surface area contributed by atoms with Crippen molar-refractivity contribution < 1.29 is 14.3 Å². The Balaban J connectivity index is 1.64. The third kappa shape index (κ3) is 5.77. The van der Waals surface area contributed by atoms with E-state index in [1.165, 1.54) is 21.6 Å². The van der Waals surface area contributed by atoms with Gasteiger partial charge in [0.2, 0.25) is 0 Å². The number of hydrogen-bond donors (Lipinski definition) is 2. The van der Waals surface area contributed by atoms with Crippen molar-refractivity contribution in [3.05, 3.63) is 58.1 Å². The van der Waals surface area contributed by atoms with E-state index in [-0.39, 0.29) is 24.0 Å². The van der Waals surface area contributed by atoms with Crippen LogP contribution in [-0.4, -0.2) is 37.9 Å². The highest BCUT2D eigenvalue weighted by atomic mass is 35.5. The molecular formula is C20H22Cl2N6O3. The zero-order valence-corrected chi connectivity index (χ0v) is 18.7. The predicted molar refractivity (Wildman–Crippen MR) is 118 cm³/mol. The zero-order chi connectivity index (χ0) is 22.5. The smallest absolute Gasteiger partial charge is 0.276 e. The summed E-state index contributed by atoms with van der Waals surface area (Å²) in [5, 5.41) is 14.6. The number of aromatic nitrogens is 4. The van der Waals surface area contributed by atoms with Gasteiger partial charge in [-0.3, -0.25) is 14.3 Å². The Kier molecular flexibility index (Phi) is 7.19. The van der Waals surface area contributed by atoms with Gasteiger partial charge in [0.05, 0.1) is 16.9 Å². The number of rotatable bonds is 8. The van der Waals surface area contributed by atoms with Crippen molar-refractivity contribution in [3.8, 4) is 5.75 Å². The minimum atomic E-state index is -0.478. The van der Waals surface area contributed by atoms with E-state index in [1.807, 2.05) is 13.8 Å². The van der Waals surface area contributed by atoms with E-state index in [9.17, 15) is 9.59 Å². The Bertz CT molecular complexity index is 1090. The molecule has 0 fully saturated rings. The average Bonchev–Trinajstić information content (AvgIpc) is 3.32. The number of amides is 2. The summed E-state index contributed by atoms with van der Waals surface area (Å²) in [5.41, 5.74) is 0.713. The van der Waals surface area contributed by atoms with Crippen molar-refractivity contribution in [2.45, 2.75) is 20.6 Å². The number of halogens is 2. The van der Waals surface area contributed by atoms with Crippen molar-refractivity contribution in [1.29, 1.82) is 0 Å². The maximum absolute atomic E-state index is 12.6. The van der Waals surface area contributed by atoms with Crippen molar-refractivity contribution in [2.75, 3.05) is 11.9 Å². The summed E-state index contributed by atoms with van der Waals surface area (Å²) in [6.07, 6.45) is 3.02. The van der Waals surface area contributed by atoms with Crippen LogP contribution in [0.4, 0.5) is 5.69 Å². The maximum Gasteiger partial charge on any atom is 0.276 e.